The summed E-state index contributed by atoms with van der Waals surface area (Å²) in [6.07, 6.45) is 4.68. The molecule has 3 unspecified atom stereocenters. The Balaban J connectivity index is 1.83. The Kier molecular flexibility index (Phi) is 2.37. The Morgan fingerprint density at radius 1 is 1.38 bits per heavy atom. The monoisotopic (exact) mass is 237 g/mol. The summed E-state index contributed by atoms with van der Waals surface area (Å²) in [5, 5.41) is 3.53. The average molecular weight is 237 g/mol. The molecule has 3 heteroatoms. The first-order valence-electron chi connectivity index (χ1n) is 6.15. The number of thiazole rings is 1. The van der Waals surface area contributed by atoms with E-state index in [4.69, 9.17) is 9.72 Å². The molecule has 3 rings (SSSR count). The minimum absolute atomic E-state index is 0.174. The smallest absolute Gasteiger partial charge is 0.0986 e. The highest BCUT2D eigenvalue weighted by Crippen LogP contribution is 2.45. The second-order valence-electron chi connectivity index (χ2n) is 6.04. The predicted molar refractivity (Wildman–Crippen MR) is 66.1 cm³/mol. The molecule has 88 valence electrons. The molecule has 2 aliphatic rings. The van der Waals surface area contributed by atoms with Gasteiger partial charge in [-0.1, -0.05) is 20.8 Å². The highest BCUT2D eigenvalue weighted by Gasteiger charge is 2.42. The molecule has 0 N–H and O–H groups in total. The number of ether oxygens (including phenoxy) is 1. The van der Waals surface area contributed by atoms with Crippen LogP contribution in [0.2, 0.25) is 0 Å². The predicted octanol–water partition coefficient (Wildman–Crippen LogP) is 3.48. The first kappa shape index (κ1) is 10.7. The van der Waals surface area contributed by atoms with Crippen LogP contribution in [0.5, 0.6) is 0 Å². The van der Waals surface area contributed by atoms with Crippen molar-refractivity contribution in [2.45, 2.75) is 63.6 Å². The summed E-state index contributed by atoms with van der Waals surface area (Å²) in [5.74, 6) is 0.583. The molecule has 0 aromatic carbocycles. The molecule has 2 fully saturated rings. The van der Waals surface area contributed by atoms with Crippen LogP contribution in [0, 0.1) is 0 Å². The molecule has 0 amide bonds. The van der Waals surface area contributed by atoms with Crippen LogP contribution in [-0.4, -0.2) is 17.2 Å². The van der Waals surface area contributed by atoms with Crippen molar-refractivity contribution >= 4 is 11.3 Å². The summed E-state index contributed by atoms with van der Waals surface area (Å²) in [4.78, 5) is 4.82. The number of hydrogen-bond acceptors (Lipinski definition) is 3. The van der Waals surface area contributed by atoms with Crippen molar-refractivity contribution in [1.82, 2.24) is 4.98 Å². The Bertz CT molecular complexity index is 393. The van der Waals surface area contributed by atoms with Crippen molar-refractivity contribution in [3.05, 3.63) is 16.1 Å². The lowest BCUT2D eigenvalue weighted by atomic mass is 9.89. The first-order chi connectivity index (χ1) is 7.54. The van der Waals surface area contributed by atoms with E-state index in [1.807, 2.05) is 11.3 Å². The molecule has 0 aliphatic carbocycles. The van der Waals surface area contributed by atoms with Gasteiger partial charge in [0.2, 0.25) is 0 Å². The minimum Gasteiger partial charge on any atom is -0.374 e. The van der Waals surface area contributed by atoms with Crippen LogP contribution in [0.4, 0.5) is 0 Å². The fourth-order valence-corrected chi connectivity index (χ4v) is 3.91. The van der Waals surface area contributed by atoms with Crippen molar-refractivity contribution in [2.24, 2.45) is 0 Å². The fourth-order valence-electron chi connectivity index (χ4n) is 2.70. The van der Waals surface area contributed by atoms with Gasteiger partial charge >= 0.3 is 0 Å². The van der Waals surface area contributed by atoms with Gasteiger partial charge in [0.1, 0.15) is 0 Å². The third kappa shape index (κ3) is 1.70. The number of aromatic nitrogens is 1. The van der Waals surface area contributed by atoms with Gasteiger partial charge < -0.3 is 4.74 Å². The summed E-state index contributed by atoms with van der Waals surface area (Å²) in [7, 11) is 0. The van der Waals surface area contributed by atoms with E-state index in [1.54, 1.807) is 0 Å². The SMILES string of the molecule is CC(C)(C)c1csc(C2CC3CCC2O3)n1. The van der Waals surface area contributed by atoms with Crippen LogP contribution in [0.25, 0.3) is 0 Å². The largest absolute Gasteiger partial charge is 0.374 e. The van der Waals surface area contributed by atoms with Crippen LogP contribution < -0.4 is 0 Å². The maximum absolute atomic E-state index is 5.90. The van der Waals surface area contributed by atoms with Gasteiger partial charge in [-0.3, -0.25) is 0 Å². The highest BCUT2D eigenvalue weighted by molar-refractivity contribution is 7.09. The molecule has 3 atom stereocenters. The molecule has 0 saturated carbocycles. The summed E-state index contributed by atoms with van der Waals surface area (Å²) in [5.41, 5.74) is 1.41. The zero-order valence-electron chi connectivity index (χ0n) is 10.2. The molecular formula is C13H19NOS. The number of hydrogen-bond donors (Lipinski definition) is 0. The fraction of sp³-hybridized carbons (Fsp3) is 0.769. The maximum atomic E-state index is 5.90. The molecule has 0 radical (unpaired) electrons. The molecule has 1 aromatic heterocycles. The second kappa shape index (κ2) is 3.54. The second-order valence-corrected chi connectivity index (χ2v) is 6.93. The average Bonchev–Trinajstić information content (AvgIpc) is 2.92. The summed E-state index contributed by atoms with van der Waals surface area (Å²) < 4.78 is 5.90. The van der Waals surface area contributed by atoms with Crippen LogP contribution in [0.1, 0.15) is 56.7 Å². The van der Waals surface area contributed by atoms with Gasteiger partial charge in [0.15, 0.2) is 0 Å². The van der Waals surface area contributed by atoms with E-state index in [1.165, 1.54) is 30.0 Å². The van der Waals surface area contributed by atoms with Crippen LogP contribution in [0.15, 0.2) is 5.38 Å². The summed E-state index contributed by atoms with van der Waals surface area (Å²) >= 11 is 1.82. The Hall–Kier alpha value is -0.410. The third-order valence-corrected chi connectivity index (χ3v) is 4.69. The summed E-state index contributed by atoms with van der Waals surface area (Å²) in [6, 6.07) is 0. The Labute approximate surface area is 101 Å². The number of fused-ring (bicyclic) bond motifs is 2. The van der Waals surface area contributed by atoms with Gasteiger partial charge in [0.25, 0.3) is 0 Å². The van der Waals surface area contributed by atoms with Gasteiger partial charge in [-0.05, 0) is 19.3 Å². The van der Waals surface area contributed by atoms with E-state index in [0.29, 0.717) is 18.1 Å². The lowest BCUT2D eigenvalue weighted by molar-refractivity contribution is 0.100. The van der Waals surface area contributed by atoms with E-state index < -0.39 is 0 Å². The molecular weight excluding hydrogens is 218 g/mol. The maximum Gasteiger partial charge on any atom is 0.0986 e. The lowest BCUT2D eigenvalue weighted by Gasteiger charge is -2.17. The third-order valence-electron chi connectivity index (χ3n) is 3.71. The van der Waals surface area contributed by atoms with Crippen molar-refractivity contribution in [3.63, 3.8) is 0 Å². The topological polar surface area (TPSA) is 22.1 Å². The molecule has 2 aliphatic heterocycles. The lowest BCUT2D eigenvalue weighted by Crippen LogP contribution is -2.16. The zero-order valence-corrected chi connectivity index (χ0v) is 11.0. The highest BCUT2D eigenvalue weighted by atomic mass is 32.1. The van der Waals surface area contributed by atoms with Crippen molar-refractivity contribution < 1.29 is 4.74 Å². The standard InChI is InChI=1S/C13H19NOS/c1-13(2,3)11-7-16-12(14-11)9-6-8-4-5-10(9)15-8/h7-10H,4-6H2,1-3H3. The Morgan fingerprint density at radius 3 is 2.69 bits per heavy atom. The molecule has 0 spiro atoms. The van der Waals surface area contributed by atoms with Gasteiger partial charge in [-0.15, -0.1) is 11.3 Å². The number of nitrogens with zero attached hydrogens (tertiary/aromatic N) is 1. The molecule has 2 bridgehead atoms. The quantitative estimate of drug-likeness (QED) is 0.746. The first-order valence-corrected chi connectivity index (χ1v) is 7.03. The van der Waals surface area contributed by atoms with Gasteiger partial charge in [0.05, 0.1) is 22.9 Å². The van der Waals surface area contributed by atoms with Gasteiger partial charge in [0, 0.05) is 16.7 Å². The van der Waals surface area contributed by atoms with Crippen LogP contribution in [-0.2, 0) is 10.2 Å². The number of rotatable bonds is 1. The molecule has 16 heavy (non-hydrogen) atoms. The minimum atomic E-state index is 0.174. The van der Waals surface area contributed by atoms with E-state index in [2.05, 4.69) is 26.2 Å². The molecule has 3 heterocycles. The molecule has 2 nitrogen and oxygen atoms in total. The van der Waals surface area contributed by atoms with Crippen molar-refractivity contribution in [2.75, 3.05) is 0 Å². The van der Waals surface area contributed by atoms with E-state index in [0.717, 1.165) is 0 Å². The van der Waals surface area contributed by atoms with E-state index in [9.17, 15) is 0 Å². The van der Waals surface area contributed by atoms with Crippen LogP contribution >= 0.6 is 11.3 Å². The van der Waals surface area contributed by atoms with Gasteiger partial charge in [-0.2, -0.15) is 0 Å². The Morgan fingerprint density at radius 2 is 2.19 bits per heavy atom. The summed E-state index contributed by atoms with van der Waals surface area (Å²) in [6.45, 7) is 6.68. The molecule has 1 aromatic rings. The molecule has 2 saturated heterocycles. The van der Waals surface area contributed by atoms with E-state index >= 15 is 0 Å². The van der Waals surface area contributed by atoms with Gasteiger partial charge in [-0.25, -0.2) is 4.98 Å². The van der Waals surface area contributed by atoms with E-state index in [-0.39, 0.29) is 5.41 Å². The van der Waals surface area contributed by atoms with Crippen molar-refractivity contribution in [3.8, 4) is 0 Å². The van der Waals surface area contributed by atoms with Crippen LogP contribution in [0.3, 0.4) is 0 Å². The normalized spacial score (nSPS) is 33.6. The van der Waals surface area contributed by atoms with Crippen molar-refractivity contribution in [1.29, 1.82) is 0 Å². The zero-order chi connectivity index (χ0) is 11.3.